The van der Waals surface area contributed by atoms with Crippen molar-refractivity contribution in [2.24, 2.45) is 5.92 Å². The van der Waals surface area contributed by atoms with Crippen molar-refractivity contribution in [3.05, 3.63) is 0 Å². The van der Waals surface area contributed by atoms with Crippen LogP contribution in [0.15, 0.2) is 0 Å². The van der Waals surface area contributed by atoms with Gasteiger partial charge in [0.2, 0.25) is 5.91 Å². The van der Waals surface area contributed by atoms with E-state index < -0.39 is 0 Å². The van der Waals surface area contributed by atoms with E-state index >= 15 is 0 Å². The second kappa shape index (κ2) is 7.30. The van der Waals surface area contributed by atoms with E-state index in [4.69, 9.17) is 9.47 Å². The molecule has 0 aromatic heterocycles. The molecule has 24 heavy (non-hydrogen) atoms. The minimum absolute atomic E-state index is 0.0922. The van der Waals surface area contributed by atoms with Crippen molar-refractivity contribution in [1.29, 1.82) is 0 Å². The Morgan fingerprint density at radius 1 is 1.08 bits per heavy atom. The van der Waals surface area contributed by atoms with Gasteiger partial charge in [-0.2, -0.15) is 0 Å². The van der Waals surface area contributed by atoms with Crippen LogP contribution in [-0.4, -0.2) is 61.4 Å². The monoisotopic (exact) mass is 336 g/mol. The maximum Gasteiger partial charge on any atom is 0.222 e. The molecule has 4 fully saturated rings. The first-order valence-corrected chi connectivity index (χ1v) is 9.99. The van der Waals surface area contributed by atoms with Gasteiger partial charge >= 0.3 is 0 Å². The average molecular weight is 336 g/mol. The molecule has 5 heteroatoms. The largest absolute Gasteiger partial charge is 0.379 e. The summed E-state index contributed by atoms with van der Waals surface area (Å²) < 4.78 is 11.4. The van der Waals surface area contributed by atoms with Crippen LogP contribution in [0.4, 0.5) is 0 Å². The molecule has 1 amide bonds. The van der Waals surface area contributed by atoms with Gasteiger partial charge in [0, 0.05) is 37.7 Å². The van der Waals surface area contributed by atoms with Crippen LogP contribution >= 0.6 is 0 Å². The third-order valence-corrected chi connectivity index (χ3v) is 6.53. The van der Waals surface area contributed by atoms with Gasteiger partial charge < -0.3 is 14.8 Å². The summed E-state index contributed by atoms with van der Waals surface area (Å²) in [6.45, 7) is 4.39. The molecule has 5 nitrogen and oxygen atoms in total. The van der Waals surface area contributed by atoms with Gasteiger partial charge in [-0.3, -0.25) is 9.69 Å². The quantitative estimate of drug-likeness (QED) is 0.835. The van der Waals surface area contributed by atoms with E-state index in [1.165, 1.54) is 38.5 Å². The van der Waals surface area contributed by atoms with E-state index in [1.54, 1.807) is 0 Å². The predicted molar refractivity (Wildman–Crippen MR) is 91.8 cm³/mol. The lowest BCUT2D eigenvalue weighted by Crippen LogP contribution is -2.54. The first-order chi connectivity index (χ1) is 11.8. The third kappa shape index (κ3) is 3.78. The summed E-state index contributed by atoms with van der Waals surface area (Å²) in [4.78, 5) is 15.3. The van der Waals surface area contributed by atoms with E-state index in [0.29, 0.717) is 18.6 Å². The van der Waals surface area contributed by atoms with Crippen molar-refractivity contribution in [2.75, 3.05) is 32.9 Å². The molecular formula is C19H32N2O3. The molecule has 0 spiro atoms. The zero-order valence-corrected chi connectivity index (χ0v) is 14.8. The van der Waals surface area contributed by atoms with Gasteiger partial charge in [0.25, 0.3) is 0 Å². The second-order valence-corrected chi connectivity index (χ2v) is 8.24. The fourth-order valence-corrected chi connectivity index (χ4v) is 5.01. The van der Waals surface area contributed by atoms with Crippen LogP contribution < -0.4 is 5.32 Å². The average Bonchev–Trinajstić information content (AvgIpc) is 3.36. The lowest BCUT2D eigenvalue weighted by Gasteiger charge is -2.43. The summed E-state index contributed by atoms with van der Waals surface area (Å²) in [6, 6.07) is 0.319. The van der Waals surface area contributed by atoms with Crippen LogP contribution in [0.5, 0.6) is 0 Å². The molecule has 2 saturated heterocycles. The Morgan fingerprint density at radius 3 is 2.54 bits per heavy atom. The fourth-order valence-electron chi connectivity index (χ4n) is 5.01. The fraction of sp³-hybridized carbons (Fsp3) is 0.947. The van der Waals surface area contributed by atoms with Crippen molar-refractivity contribution in [1.82, 2.24) is 10.2 Å². The number of carbonyl (C=O) groups is 1. The Labute approximate surface area is 145 Å². The molecule has 0 aromatic rings. The van der Waals surface area contributed by atoms with E-state index in [2.05, 4.69) is 10.2 Å². The van der Waals surface area contributed by atoms with Gasteiger partial charge in [-0.05, 0) is 44.4 Å². The predicted octanol–water partition coefficient (Wildman–Crippen LogP) is 2.10. The van der Waals surface area contributed by atoms with Crippen LogP contribution in [0.1, 0.15) is 57.8 Å². The molecule has 0 bridgehead atoms. The number of amides is 1. The molecule has 2 atom stereocenters. The van der Waals surface area contributed by atoms with E-state index in [-0.39, 0.29) is 11.4 Å². The standard InChI is InChI=1S/C19H32N2O3/c22-18(20-16-5-10-24-17(13-16)15-3-4-15)14-19(6-1-2-7-19)21-8-11-23-12-9-21/h15-17H,1-14H2,(H,20,22)/t16-,17+/m0/s1. The molecule has 0 radical (unpaired) electrons. The van der Waals surface area contributed by atoms with Crippen LogP contribution in [0.25, 0.3) is 0 Å². The molecule has 2 aliphatic heterocycles. The molecule has 1 N–H and O–H groups in total. The highest BCUT2D eigenvalue weighted by atomic mass is 16.5. The first-order valence-electron chi connectivity index (χ1n) is 9.99. The second-order valence-electron chi connectivity index (χ2n) is 8.24. The van der Waals surface area contributed by atoms with E-state index in [1.807, 2.05) is 0 Å². The van der Waals surface area contributed by atoms with Crippen LogP contribution in [0, 0.1) is 5.92 Å². The SMILES string of the molecule is O=C(CC1(N2CCOCC2)CCCC1)N[C@H]1CCO[C@@H](C2CC2)C1. The summed E-state index contributed by atoms with van der Waals surface area (Å²) in [5, 5.41) is 3.35. The highest BCUT2D eigenvalue weighted by Crippen LogP contribution is 2.40. The van der Waals surface area contributed by atoms with E-state index in [9.17, 15) is 4.79 Å². The minimum Gasteiger partial charge on any atom is -0.379 e. The zero-order valence-electron chi connectivity index (χ0n) is 14.8. The topological polar surface area (TPSA) is 50.8 Å². The van der Waals surface area contributed by atoms with Crippen LogP contribution in [0.3, 0.4) is 0 Å². The van der Waals surface area contributed by atoms with Gasteiger partial charge in [-0.25, -0.2) is 0 Å². The molecule has 2 heterocycles. The molecule has 2 aliphatic carbocycles. The molecule has 0 aromatic carbocycles. The molecule has 2 saturated carbocycles. The maximum absolute atomic E-state index is 12.8. The Hall–Kier alpha value is -0.650. The first kappa shape index (κ1) is 16.8. The number of nitrogens with zero attached hydrogens (tertiary/aromatic N) is 1. The summed E-state index contributed by atoms with van der Waals surface area (Å²) in [7, 11) is 0. The lowest BCUT2D eigenvalue weighted by molar-refractivity contribution is -0.127. The highest BCUT2D eigenvalue weighted by Gasteiger charge is 2.42. The lowest BCUT2D eigenvalue weighted by atomic mass is 9.89. The number of carbonyl (C=O) groups excluding carboxylic acids is 1. The third-order valence-electron chi connectivity index (χ3n) is 6.53. The summed E-state index contributed by atoms with van der Waals surface area (Å²) >= 11 is 0. The van der Waals surface area contributed by atoms with E-state index in [0.717, 1.165) is 51.7 Å². The van der Waals surface area contributed by atoms with Crippen molar-refractivity contribution < 1.29 is 14.3 Å². The molecule has 4 aliphatic rings. The number of ether oxygens (including phenoxy) is 2. The van der Waals surface area contributed by atoms with Gasteiger partial charge in [-0.15, -0.1) is 0 Å². The normalized spacial score (nSPS) is 34.2. The number of hydrogen-bond donors (Lipinski definition) is 1. The maximum atomic E-state index is 12.8. The van der Waals surface area contributed by atoms with Gasteiger partial charge in [0.15, 0.2) is 0 Å². The van der Waals surface area contributed by atoms with Crippen molar-refractivity contribution in [3.63, 3.8) is 0 Å². The van der Waals surface area contributed by atoms with Gasteiger partial charge in [0.05, 0.1) is 19.3 Å². The summed E-state index contributed by atoms with van der Waals surface area (Å²) in [5.74, 6) is 1.02. The van der Waals surface area contributed by atoms with Crippen LogP contribution in [-0.2, 0) is 14.3 Å². The molecule has 0 unspecified atom stereocenters. The number of hydrogen-bond acceptors (Lipinski definition) is 4. The highest BCUT2D eigenvalue weighted by molar-refractivity contribution is 5.77. The number of morpholine rings is 1. The Kier molecular flexibility index (Phi) is 5.11. The summed E-state index contributed by atoms with van der Waals surface area (Å²) in [5.41, 5.74) is 0.0922. The molecular weight excluding hydrogens is 304 g/mol. The van der Waals surface area contributed by atoms with Gasteiger partial charge in [0.1, 0.15) is 0 Å². The number of rotatable bonds is 5. The minimum atomic E-state index is 0.0922. The Balaban J connectivity index is 1.33. The molecule has 4 rings (SSSR count). The van der Waals surface area contributed by atoms with Crippen molar-refractivity contribution in [3.8, 4) is 0 Å². The molecule has 136 valence electrons. The Morgan fingerprint density at radius 2 is 1.83 bits per heavy atom. The number of nitrogens with one attached hydrogen (secondary N) is 1. The van der Waals surface area contributed by atoms with Crippen LogP contribution in [0.2, 0.25) is 0 Å². The Bertz CT molecular complexity index is 440. The smallest absolute Gasteiger partial charge is 0.222 e. The zero-order chi connectivity index (χ0) is 16.4. The van der Waals surface area contributed by atoms with Crippen molar-refractivity contribution >= 4 is 5.91 Å². The van der Waals surface area contributed by atoms with Gasteiger partial charge in [-0.1, -0.05) is 12.8 Å². The van der Waals surface area contributed by atoms with Crippen molar-refractivity contribution in [2.45, 2.75) is 75.5 Å². The summed E-state index contributed by atoms with van der Waals surface area (Å²) in [6.07, 6.45) is 10.5.